The van der Waals surface area contributed by atoms with Crippen LogP contribution in [-0.4, -0.2) is 42.4 Å². The summed E-state index contributed by atoms with van der Waals surface area (Å²) in [6.07, 6.45) is 2.73. The van der Waals surface area contributed by atoms with Crippen LogP contribution in [0.25, 0.3) is 10.7 Å². The van der Waals surface area contributed by atoms with E-state index in [0.29, 0.717) is 6.61 Å². The van der Waals surface area contributed by atoms with E-state index in [1.807, 2.05) is 18.2 Å². The largest absolute Gasteiger partial charge is 0.378 e. The van der Waals surface area contributed by atoms with Gasteiger partial charge in [0.2, 0.25) is 0 Å². The number of aromatic nitrogens is 2. The molecule has 112 valence electrons. The van der Waals surface area contributed by atoms with Gasteiger partial charge < -0.3 is 14.8 Å². The first-order valence-electron chi connectivity index (χ1n) is 7.01. The topological polar surface area (TPSA) is 56.3 Å². The fourth-order valence-electron chi connectivity index (χ4n) is 2.37. The van der Waals surface area contributed by atoms with Crippen LogP contribution in [0.3, 0.4) is 0 Å². The highest BCUT2D eigenvalue weighted by atomic mass is 32.1. The molecular weight excluding hydrogens is 286 g/mol. The smallest absolute Gasteiger partial charge is 0.142 e. The molecule has 0 bridgehead atoms. The Kier molecular flexibility index (Phi) is 4.60. The van der Waals surface area contributed by atoms with Gasteiger partial charge in [-0.3, -0.25) is 4.98 Å². The van der Waals surface area contributed by atoms with Crippen molar-refractivity contribution in [2.75, 3.05) is 26.9 Å². The fourth-order valence-corrected chi connectivity index (χ4v) is 3.17. The minimum atomic E-state index is -0.181. The number of ether oxygens (including phenoxy) is 2. The summed E-state index contributed by atoms with van der Waals surface area (Å²) in [6, 6.07) is 5.86. The molecule has 0 aromatic carbocycles. The van der Waals surface area contributed by atoms with Crippen molar-refractivity contribution in [3.05, 3.63) is 35.5 Å². The fraction of sp³-hybridized carbons (Fsp3) is 0.467. The zero-order chi connectivity index (χ0) is 14.5. The first-order chi connectivity index (χ1) is 10.3. The Morgan fingerprint density at radius 2 is 2.43 bits per heavy atom. The first kappa shape index (κ1) is 14.6. The molecule has 0 radical (unpaired) electrons. The second-order valence-corrected chi connectivity index (χ2v) is 6.01. The Hall–Kier alpha value is -1.34. The monoisotopic (exact) mass is 305 g/mol. The van der Waals surface area contributed by atoms with E-state index in [9.17, 15) is 0 Å². The van der Waals surface area contributed by atoms with Crippen molar-refractivity contribution in [1.82, 2.24) is 15.3 Å². The highest BCUT2D eigenvalue weighted by molar-refractivity contribution is 7.13. The van der Waals surface area contributed by atoms with Crippen molar-refractivity contribution in [3.8, 4) is 10.7 Å². The summed E-state index contributed by atoms with van der Waals surface area (Å²) in [7, 11) is 1.75. The van der Waals surface area contributed by atoms with Crippen molar-refractivity contribution in [2.45, 2.75) is 18.6 Å². The maximum atomic E-state index is 5.60. The lowest BCUT2D eigenvalue weighted by molar-refractivity contribution is -0.0159. The van der Waals surface area contributed by atoms with E-state index in [4.69, 9.17) is 9.47 Å². The summed E-state index contributed by atoms with van der Waals surface area (Å²) in [4.78, 5) is 8.94. The van der Waals surface area contributed by atoms with Gasteiger partial charge in [-0.15, -0.1) is 11.3 Å². The van der Waals surface area contributed by atoms with Crippen molar-refractivity contribution < 1.29 is 9.47 Å². The molecule has 2 aromatic heterocycles. The van der Waals surface area contributed by atoms with E-state index in [2.05, 4.69) is 20.7 Å². The molecule has 0 spiro atoms. The molecule has 1 aliphatic rings. The molecule has 1 fully saturated rings. The van der Waals surface area contributed by atoms with E-state index in [-0.39, 0.29) is 5.60 Å². The quantitative estimate of drug-likeness (QED) is 0.886. The lowest BCUT2D eigenvalue weighted by Gasteiger charge is -2.25. The molecule has 1 N–H and O–H groups in total. The highest BCUT2D eigenvalue weighted by Gasteiger charge is 2.34. The Morgan fingerprint density at radius 1 is 1.48 bits per heavy atom. The molecule has 2 aromatic rings. The summed E-state index contributed by atoms with van der Waals surface area (Å²) in [5.41, 5.74) is 1.77. The highest BCUT2D eigenvalue weighted by Crippen LogP contribution is 2.23. The Bertz CT molecular complexity index is 567. The van der Waals surface area contributed by atoms with Gasteiger partial charge in [-0.05, 0) is 12.1 Å². The predicted molar refractivity (Wildman–Crippen MR) is 82.2 cm³/mol. The number of pyridine rings is 1. The van der Waals surface area contributed by atoms with Crippen LogP contribution in [0.15, 0.2) is 29.8 Å². The molecule has 21 heavy (non-hydrogen) atoms. The predicted octanol–water partition coefficient (Wildman–Crippen LogP) is 2.10. The van der Waals surface area contributed by atoms with Gasteiger partial charge >= 0.3 is 0 Å². The van der Waals surface area contributed by atoms with Gasteiger partial charge in [-0.2, -0.15) is 0 Å². The van der Waals surface area contributed by atoms with E-state index in [1.165, 1.54) is 0 Å². The molecule has 1 aliphatic heterocycles. The van der Waals surface area contributed by atoms with Gasteiger partial charge in [-0.25, -0.2) is 4.98 Å². The molecule has 3 heterocycles. The van der Waals surface area contributed by atoms with Crippen LogP contribution in [0, 0.1) is 0 Å². The third-order valence-corrected chi connectivity index (χ3v) is 4.60. The van der Waals surface area contributed by atoms with Gasteiger partial charge in [0.25, 0.3) is 0 Å². The minimum Gasteiger partial charge on any atom is -0.378 e. The number of rotatable bonds is 6. The lowest BCUT2D eigenvalue weighted by atomic mass is 10.0. The van der Waals surface area contributed by atoms with Crippen LogP contribution in [0.1, 0.15) is 12.1 Å². The Morgan fingerprint density at radius 3 is 3.14 bits per heavy atom. The molecule has 1 unspecified atom stereocenters. The third-order valence-electron chi connectivity index (χ3n) is 3.69. The van der Waals surface area contributed by atoms with Crippen molar-refractivity contribution in [2.24, 2.45) is 0 Å². The van der Waals surface area contributed by atoms with Crippen LogP contribution in [0.4, 0.5) is 0 Å². The van der Waals surface area contributed by atoms with Crippen molar-refractivity contribution >= 4 is 11.3 Å². The molecule has 1 atom stereocenters. The number of hydrogen-bond donors (Lipinski definition) is 1. The Labute approximate surface area is 128 Å². The summed E-state index contributed by atoms with van der Waals surface area (Å²) in [6.45, 7) is 2.94. The number of hydrogen-bond acceptors (Lipinski definition) is 6. The van der Waals surface area contributed by atoms with E-state index >= 15 is 0 Å². The molecule has 0 amide bonds. The molecule has 0 aliphatic carbocycles. The van der Waals surface area contributed by atoms with Crippen LogP contribution in [0.2, 0.25) is 0 Å². The molecule has 1 saturated heterocycles. The SMILES string of the molecule is COC1(CNCc2csc(-c3ccccn3)n2)CCOC1. The maximum absolute atomic E-state index is 5.60. The number of methoxy groups -OCH3 is 1. The summed E-state index contributed by atoms with van der Waals surface area (Å²) < 4.78 is 11.0. The summed E-state index contributed by atoms with van der Waals surface area (Å²) in [5, 5.41) is 6.45. The van der Waals surface area contributed by atoms with Crippen molar-refractivity contribution in [3.63, 3.8) is 0 Å². The number of thiazole rings is 1. The average Bonchev–Trinajstić information content (AvgIpc) is 3.18. The Balaban J connectivity index is 1.56. The van der Waals surface area contributed by atoms with Gasteiger partial charge in [0.15, 0.2) is 0 Å². The van der Waals surface area contributed by atoms with E-state index < -0.39 is 0 Å². The van der Waals surface area contributed by atoms with Crippen LogP contribution in [0.5, 0.6) is 0 Å². The van der Waals surface area contributed by atoms with Crippen molar-refractivity contribution in [1.29, 1.82) is 0 Å². The van der Waals surface area contributed by atoms with E-state index in [1.54, 1.807) is 24.6 Å². The normalized spacial score (nSPS) is 21.8. The number of nitrogens with zero attached hydrogens (tertiary/aromatic N) is 2. The first-order valence-corrected chi connectivity index (χ1v) is 7.89. The van der Waals surface area contributed by atoms with Crippen LogP contribution < -0.4 is 5.32 Å². The van der Waals surface area contributed by atoms with Gasteiger partial charge in [0.05, 0.1) is 18.0 Å². The molecule has 6 heteroatoms. The summed E-state index contributed by atoms with van der Waals surface area (Å²) >= 11 is 1.62. The molecular formula is C15H19N3O2S. The molecule has 5 nitrogen and oxygen atoms in total. The molecule has 0 saturated carbocycles. The lowest BCUT2D eigenvalue weighted by Crippen LogP contribution is -2.42. The maximum Gasteiger partial charge on any atom is 0.142 e. The molecule has 3 rings (SSSR count). The minimum absolute atomic E-state index is 0.181. The van der Waals surface area contributed by atoms with Crippen LogP contribution in [-0.2, 0) is 16.0 Å². The third kappa shape index (κ3) is 3.47. The van der Waals surface area contributed by atoms with E-state index in [0.717, 1.165) is 42.5 Å². The standard InChI is InChI=1S/C15H19N3O2S/c1-19-15(5-7-20-11-15)10-16-8-12-9-21-14(18-12)13-4-2-3-6-17-13/h2-4,6,9,16H,5,7-8,10-11H2,1H3. The second-order valence-electron chi connectivity index (χ2n) is 5.15. The van der Waals surface area contributed by atoms with Gasteiger partial charge in [-0.1, -0.05) is 6.07 Å². The van der Waals surface area contributed by atoms with Gasteiger partial charge in [0, 0.05) is 44.8 Å². The average molecular weight is 305 g/mol. The second kappa shape index (κ2) is 6.62. The van der Waals surface area contributed by atoms with Crippen LogP contribution >= 0.6 is 11.3 Å². The number of nitrogens with one attached hydrogen (secondary N) is 1. The zero-order valence-corrected chi connectivity index (χ0v) is 12.9. The van der Waals surface area contributed by atoms with Gasteiger partial charge in [0.1, 0.15) is 10.6 Å². The summed E-state index contributed by atoms with van der Waals surface area (Å²) in [5.74, 6) is 0. The zero-order valence-electron chi connectivity index (χ0n) is 12.0.